The second kappa shape index (κ2) is 7.89. The summed E-state index contributed by atoms with van der Waals surface area (Å²) in [6, 6.07) is 2.97. The van der Waals surface area contributed by atoms with E-state index >= 15 is 0 Å². The highest BCUT2D eigenvalue weighted by molar-refractivity contribution is 7.98. The smallest absolute Gasteiger partial charge is 0.191 e. The van der Waals surface area contributed by atoms with Crippen LogP contribution < -0.4 is 10.6 Å². The molecule has 0 aromatic carbocycles. The van der Waals surface area contributed by atoms with Gasteiger partial charge in [0.25, 0.3) is 0 Å². The molecule has 0 aliphatic heterocycles. The first-order valence-electron chi connectivity index (χ1n) is 5.30. The number of aromatic nitrogens is 1. The van der Waals surface area contributed by atoms with E-state index in [-0.39, 0.29) is 5.82 Å². The molecule has 0 aliphatic rings. The maximum absolute atomic E-state index is 13.3. The Morgan fingerprint density at radius 1 is 1.53 bits per heavy atom. The Balaban J connectivity index is 2.40. The molecule has 0 fully saturated rings. The zero-order valence-corrected chi connectivity index (χ0v) is 10.9. The number of hydrogen-bond donors (Lipinski definition) is 2. The van der Waals surface area contributed by atoms with Crippen molar-refractivity contribution in [3.63, 3.8) is 0 Å². The number of nitrogens with one attached hydrogen (secondary N) is 2. The molecule has 6 heteroatoms. The van der Waals surface area contributed by atoms with Crippen LogP contribution >= 0.6 is 11.8 Å². The van der Waals surface area contributed by atoms with Gasteiger partial charge in [-0.1, -0.05) is 0 Å². The number of hydrogen-bond acceptors (Lipinski definition) is 3. The van der Waals surface area contributed by atoms with Crippen LogP contribution in [0.2, 0.25) is 0 Å². The van der Waals surface area contributed by atoms with Crippen LogP contribution in [-0.4, -0.2) is 36.5 Å². The zero-order valence-electron chi connectivity index (χ0n) is 10.0. The van der Waals surface area contributed by atoms with E-state index in [2.05, 4.69) is 20.6 Å². The molecule has 1 aromatic rings. The minimum Gasteiger partial charge on any atom is -0.356 e. The molecule has 2 N–H and O–H groups in total. The fourth-order valence-corrected chi connectivity index (χ4v) is 1.51. The van der Waals surface area contributed by atoms with E-state index in [0.29, 0.717) is 18.2 Å². The molecule has 0 saturated carbocycles. The zero-order chi connectivity index (χ0) is 12.5. The molecule has 0 bridgehead atoms. The Morgan fingerprint density at radius 2 is 2.35 bits per heavy atom. The summed E-state index contributed by atoms with van der Waals surface area (Å²) in [5, 5.41) is 6.14. The third-order valence-corrected chi connectivity index (χ3v) is 2.69. The van der Waals surface area contributed by atoms with Crippen LogP contribution in [0.3, 0.4) is 0 Å². The summed E-state index contributed by atoms with van der Waals surface area (Å²) in [5.41, 5.74) is 0.389. The standard InChI is InChI=1S/C11H17FN4S/c1-13-11(15-6-7-17-2)16-8-10-9(12)4-3-5-14-10/h3-5H,6-8H2,1-2H3,(H2,13,15,16). The number of thioether (sulfide) groups is 1. The summed E-state index contributed by atoms with van der Waals surface area (Å²) in [4.78, 5) is 8.00. The average Bonchev–Trinajstić information content (AvgIpc) is 2.35. The number of guanidine groups is 1. The van der Waals surface area contributed by atoms with Gasteiger partial charge >= 0.3 is 0 Å². The molecule has 0 atom stereocenters. The van der Waals surface area contributed by atoms with Crippen LogP contribution in [0.15, 0.2) is 23.3 Å². The number of nitrogens with zero attached hydrogens (tertiary/aromatic N) is 2. The van der Waals surface area contributed by atoms with E-state index in [9.17, 15) is 4.39 Å². The minimum absolute atomic E-state index is 0.306. The summed E-state index contributed by atoms with van der Waals surface area (Å²) >= 11 is 1.75. The Labute approximate surface area is 105 Å². The highest BCUT2D eigenvalue weighted by atomic mass is 32.2. The SMILES string of the molecule is CN=C(NCCSC)NCc1ncccc1F. The summed E-state index contributed by atoms with van der Waals surface area (Å²) in [6.07, 6.45) is 3.62. The molecule has 1 rings (SSSR count). The third-order valence-electron chi connectivity index (χ3n) is 2.08. The first kappa shape index (κ1) is 13.8. The van der Waals surface area contributed by atoms with Gasteiger partial charge in [0.05, 0.1) is 12.2 Å². The van der Waals surface area contributed by atoms with Gasteiger partial charge in [0.15, 0.2) is 5.96 Å². The molecule has 17 heavy (non-hydrogen) atoms. The molecular weight excluding hydrogens is 239 g/mol. The van der Waals surface area contributed by atoms with Crippen molar-refractivity contribution in [2.45, 2.75) is 6.54 Å². The number of pyridine rings is 1. The Morgan fingerprint density at radius 3 is 3.00 bits per heavy atom. The highest BCUT2D eigenvalue weighted by Gasteiger charge is 2.03. The van der Waals surface area contributed by atoms with Gasteiger partial charge in [-0.3, -0.25) is 9.98 Å². The van der Waals surface area contributed by atoms with E-state index in [0.717, 1.165) is 12.3 Å². The predicted molar refractivity (Wildman–Crippen MR) is 70.8 cm³/mol. The van der Waals surface area contributed by atoms with Crippen LogP contribution in [0, 0.1) is 5.82 Å². The number of aliphatic imine (C=N–C) groups is 1. The quantitative estimate of drug-likeness (QED) is 0.473. The van der Waals surface area contributed by atoms with Crippen molar-refractivity contribution in [3.8, 4) is 0 Å². The van der Waals surface area contributed by atoms with Crippen molar-refractivity contribution in [2.75, 3.05) is 25.6 Å². The molecule has 0 unspecified atom stereocenters. The normalized spacial score (nSPS) is 11.4. The molecule has 1 heterocycles. The Kier molecular flexibility index (Phi) is 6.39. The summed E-state index contributed by atoms with van der Waals surface area (Å²) in [7, 11) is 1.68. The van der Waals surface area contributed by atoms with E-state index in [1.165, 1.54) is 6.07 Å². The van der Waals surface area contributed by atoms with Gasteiger partial charge in [-0.25, -0.2) is 4.39 Å². The molecule has 0 saturated heterocycles. The molecule has 4 nitrogen and oxygen atoms in total. The third kappa shape index (κ3) is 5.04. The lowest BCUT2D eigenvalue weighted by Gasteiger charge is -2.11. The Hall–Kier alpha value is -1.30. The second-order valence-electron chi connectivity index (χ2n) is 3.28. The maximum Gasteiger partial charge on any atom is 0.191 e. The molecular formula is C11H17FN4S. The first-order valence-corrected chi connectivity index (χ1v) is 6.70. The topological polar surface area (TPSA) is 49.3 Å². The molecule has 0 aliphatic carbocycles. The van der Waals surface area contributed by atoms with Crippen LogP contribution in [0.25, 0.3) is 0 Å². The number of halogens is 1. The molecule has 0 spiro atoms. The van der Waals surface area contributed by atoms with Crippen molar-refractivity contribution >= 4 is 17.7 Å². The lowest BCUT2D eigenvalue weighted by Crippen LogP contribution is -2.38. The lowest BCUT2D eigenvalue weighted by molar-refractivity contribution is 0.593. The summed E-state index contributed by atoms with van der Waals surface area (Å²) < 4.78 is 13.3. The van der Waals surface area contributed by atoms with E-state index in [1.807, 2.05) is 6.26 Å². The van der Waals surface area contributed by atoms with Crippen LogP contribution in [-0.2, 0) is 6.54 Å². The maximum atomic E-state index is 13.3. The Bertz CT molecular complexity index is 370. The first-order chi connectivity index (χ1) is 8.27. The van der Waals surface area contributed by atoms with E-state index in [4.69, 9.17) is 0 Å². The van der Waals surface area contributed by atoms with Crippen molar-refractivity contribution in [1.82, 2.24) is 15.6 Å². The molecule has 94 valence electrons. The fourth-order valence-electron chi connectivity index (χ4n) is 1.21. The van der Waals surface area contributed by atoms with Gasteiger partial charge in [0.2, 0.25) is 0 Å². The largest absolute Gasteiger partial charge is 0.356 e. The van der Waals surface area contributed by atoms with E-state index < -0.39 is 0 Å². The van der Waals surface area contributed by atoms with Gasteiger partial charge in [0.1, 0.15) is 5.82 Å². The fraction of sp³-hybridized carbons (Fsp3) is 0.455. The summed E-state index contributed by atoms with van der Waals surface area (Å²) in [6.45, 7) is 1.15. The molecule has 0 radical (unpaired) electrons. The second-order valence-corrected chi connectivity index (χ2v) is 4.26. The molecule has 1 aromatic heterocycles. The van der Waals surface area contributed by atoms with Gasteiger partial charge in [0, 0.05) is 25.5 Å². The van der Waals surface area contributed by atoms with Crippen LogP contribution in [0.1, 0.15) is 5.69 Å². The van der Waals surface area contributed by atoms with Crippen molar-refractivity contribution in [3.05, 3.63) is 29.8 Å². The van der Waals surface area contributed by atoms with Crippen molar-refractivity contribution < 1.29 is 4.39 Å². The van der Waals surface area contributed by atoms with E-state index in [1.54, 1.807) is 31.1 Å². The van der Waals surface area contributed by atoms with Gasteiger partial charge in [-0.2, -0.15) is 11.8 Å². The monoisotopic (exact) mass is 256 g/mol. The lowest BCUT2D eigenvalue weighted by atomic mass is 10.3. The van der Waals surface area contributed by atoms with Gasteiger partial charge in [-0.15, -0.1) is 0 Å². The number of rotatable bonds is 5. The summed E-state index contributed by atoms with van der Waals surface area (Å²) in [5.74, 6) is 1.35. The van der Waals surface area contributed by atoms with Crippen molar-refractivity contribution in [1.29, 1.82) is 0 Å². The average molecular weight is 256 g/mol. The minimum atomic E-state index is -0.306. The van der Waals surface area contributed by atoms with Crippen LogP contribution in [0.5, 0.6) is 0 Å². The predicted octanol–water partition coefficient (Wildman–Crippen LogP) is 1.25. The molecule has 0 amide bonds. The van der Waals surface area contributed by atoms with Crippen LogP contribution in [0.4, 0.5) is 4.39 Å². The van der Waals surface area contributed by atoms with Crippen molar-refractivity contribution in [2.24, 2.45) is 4.99 Å². The van der Waals surface area contributed by atoms with Gasteiger partial charge < -0.3 is 10.6 Å². The van der Waals surface area contributed by atoms with Gasteiger partial charge in [-0.05, 0) is 18.4 Å². The highest BCUT2D eigenvalue weighted by Crippen LogP contribution is 2.01.